The SMILES string of the molecule is CC(C)OCCN(C)C(=O)c1cnccc1NN. The molecular formula is C12H20N4O2. The summed E-state index contributed by atoms with van der Waals surface area (Å²) in [4.78, 5) is 17.6. The van der Waals surface area contributed by atoms with Crippen molar-refractivity contribution in [3.05, 3.63) is 24.0 Å². The highest BCUT2D eigenvalue weighted by atomic mass is 16.5. The van der Waals surface area contributed by atoms with Crippen molar-refractivity contribution in [3.63, 3.8) is 0 Å². The second-order valence-corrected chi connectivity index (χ2v) is 4.21. The zero-order chi connectivity index (χ0) is 13.5. The molecule has 0 aromatic carbocycles. The first kappa shape index (κ1) is 14.4. The molecule has 0 aliphatic rings. The number of pyridine rings is 1. The zero-order valence-electron chi connectivity index (χ0n) is 11.0. The molecule has 100 valence electrons. The molecule has 0 radical (unpaired) electrons. The van der Waals surface area contributed by atoms with E-state index in [4.69, 9.17) is 10.6 Å². The number of ether oxygens (including phenoxy) is 1. The number of anilines is 1. The summed E-state index contributed by atoms with van der Waals surface area (Å²) in [5.41, 5.74) is 3.50. The van der Waals surface area contributed by atoms with Gasteiger partial charge in [0.15, 0.2) is 0 Å². The predicted molar refractivity (Wildman–Crippen MR) is 70.1 cm³/mol. The van der Waals surface area contributed by atoms with Gasteiger partial charge in [0.2, 0.25) is 0 Å². The van der Waals surface area contributed by atoms with Crippen LogP contribution in [0.4, 0.5) is 5.69 Å². The summed E-state index contributed by atoms with van der Waals surface area (Å²) >= 11 is 0. The van der Waals surface area contributed by atoms with E-state index < -0.39 is 0 Å². The van der Waals surface area contributed by atoms with Gasteiger partial charge in [0.25, 0.3) is 5.91 Å². The Morgan fingerprint density at radius 1 is 1.61 bits per heavy atom. The summed E-state index contributed by atoms with van der Waals surface area (Å²) in [6.07, 6.45) is 3.23. The fraction of sp³-hybridized carbons (Fsp3) is 0.500. The number of likely N-dealkylation sites (N-methyl/N-ethyl adjacent to an activating group) is 1. The maximum atomic E-state index is 12.1. The van der Waals surface area contributed by atoms with Gasteiger partial charge in [0, 0.05) is 26.0 Å². The number of nitrogens with two attached hydrogens (primary N) is 1. The third-order valence-electron chi connectivity index (χ3n) is 2.43. The first-order valence-corrected chi connectivity index (χ1v) is 5.84. The molecule has 6 heteroatoms. The van der Waals surface area contributed by atoms with Gasteiger partial charge in [-0.2, -0.15) is 0 Å². The van der Waals surface area contributed by atoms with Gasteiger partial charge in [0.05, 0.1) is 24.0 Å². The standard InChI is InChI=1S/C12H20N4O2/c1-9(2)18-7-6-16(3)12(17)10-8-14-5-4-11(10)15-13/h4-5,8-9H,6-7,13H2,1-3H3,(H,14,15). The van der Waals surface area contributed by atoms with Crippen molar-refractivity contribution >= 4 is 11.6 Å². The fourth-order valence-corrected chi connectivity index (χ4v) is 1.42. The molecule has 0 aliphatic carbocycles. The topological polar surface area (TPSA) is 80.5 Å². The van der Waals surface area contributed by atoms with E-state index >= 15 is 0 Å². The molecule has 1 rings (SSSR count). The highest BCUT2D eigenvalue weighted by Gasteiger charge is 2.15. The number of nitrogens with zero attached hydrogens (tertiary/aromatic N) is 2. The molecule has 0 spiro atoms. The minimum atomic E-state index is -0.136. The van der Waals surface area contributed by atoms with E-state index in [1.165, 1.54) is 6.20 Å². The lowest BCUT2D eigenvalue weighted by molar-refractivity contribution is 0.0532. The van der Waals surface area contributed by atoms with E-state index in [9.17, 15) is 4.79 Å². The largest absolute Gasteiger partial charge is 0.377 e. The second-order valence-electron chi connectivity index (χ2n) is 4.21. The van der Waals surface area contributed by atoms with Gasteiger partial charge in [0.1, 0.15) is 0 Å². The van der Waals surface area contributed by atoms with Crippen molar-refractivity contribution in [1.82, 2.24) is 9.88 Å². The maximum absolute atomic E-state index is 12.1. The molecule has 1 aromatic heterocycles. The number of aromatic nitrogens is 1. The molecule has 0 bridgehead atoms. The Morgan fingerprint density at radius 3 is 2.94 bits per heavy atom. The van der Waals surface area contributed by atoms with Crippen LogP contribution in [0.15, 0.2) is 18.5 Å². The molecule has 1 heterocycles. The van der Waals surface area contributed by atoms with Gasteiger partial charge in [-0.05, 0) is 19.9 Å². The van der Waals surface area contributed by atoms with Crippen LogP contribution in [-0.2, 0) is 4.74 Å². The minimum Gasteiger partial charge on any atom is -0.377 e. The smallest absolute Gasteiger partial charge is 0.257 e. The van der Waals surface area contributed by atoms with Gasteiger partial charge in [-0.15, -0.1) is 0 Å². The second kappa shape index (κ2) is 6.93. The van der Waals surface area contributed by atoms with Crippen LogP contribution >= 0.6 is 0 Å². The summed E-state index contributed by atoms with van der Waals surface area (Å²) in [6, 6.07) is 1.66. The quantitative estimate of drug-likeness (QED) is 0.580. The molecule has 6 nitrogen and oxygen atoms in total. The summed E-state index contributed by atoms with van der Waals surface area (Å²) in [5, 5.41) is 0. The third kappa shape index (κ3) is 3.97. The molecule has 1 amide bonds. The highest BCUT2D eigenvalue weighted by Crippen LogP contribution is 2.13. The Labute approximate surface area is 107 Å². The van der Waals surface area contributed by atoms with E-state index in [0.29, 0.717) is 24.4 Å². The van der Waals surface area contributed by atoms with Crippen LogP contribution in [0.25, 0.3) is 0 Å². The summed E-state index contributed by atoms with van der Waals surface area (Å²) in [7, 11) is 1.72. The van der Waals surface area contributed by atoms with Crippen LogP contribution in [0.3, 0.4) is 0 Å². The number of rotatable bonds is 6. The van der Waals surface area contributed by atoms with Crippen molar-refractivity contribution in [2.24, 2.45) is 5.84 Å². The predicted octanol–water partition coefficient (Wildman–Crippen LogP) is 0.864. The number of hydrogen-bond acceptors (Lipinski definition) is 5. The number of hydrazine groups is 1. The van der Waals surface area contributed by atoms with Gasteiger partial charge in [-0.25, -0.2) is 0 Å². The molecule has 0 fully saturated rings. The van der Waals surface area contributed by atoms with E-state index in [-0.39, 0.29) is 12.0 Å². The van der Waals surface area contributed by atoms with Crippen molar-refractivity contribution in [2.45, 2.75) is 20.0 Å². The Morgan fingerprint density at radius 2 is 2.33 bits per heavy atom. The maximum Gasteiger partial charge on any atom is 0.257 e. The lowest BCUT2D eigenvalue weighted by Crippen LogP contribution is -2.31. The normalized spacial score (nSPS) is 10.5. The summed E-state index contributed by atoms with van der Waals surface area (Å²) < 4.78 is 5.41. The number of carbonyl (C=O) groups is 1. The monoisotopic (exact) mass is 252 g/mol. The van der Waals surface area contributed by atoms with Crippen LogP contribution in [0.2, 0.25) is 0 Å². The van der Waals surface area contributed by atoms with Crippen LogP contribution in [0.1, 0.15) is 24.2 Å². The number of amides is 1. The van der Waals surface area contributed by atoms with E-state index in [0.717, 1.165) is 0 Å². The molecule has 0 saturated carbocycles. The Balaban J connectivity index is 2.62. The van der Waals surface area contributed by atoms with Crippen molar-refractivity contribution in [1.29, 1.82) is 0 Å². The average molecular weight is 252 g/mol. The minimum absolute atomic E-state index is 0.136. The molecule has 1 aromatic rings. The Kier molecular flexibility index (Phi) is 5.54. The molecule has 0 unspecified atom stereocenters. The Bertz CT molecular complexity index is 395. The van der Waals surface area contributed by atoms with Gasteiger partial charge >= 0.3 is 0 Å². The molecular weight excluding hydrogens is 232 g/mol. The molecule has 0 saturated heterocycles. The number of hydrogen-bond donors (Lipinski definition) is 2. The van der Waals surface area contributed by atoms with E-state index in [1.54, 1.807) is 24.2 Å². The molecule has 0 aliphatic heterocycles. The molecule has 18 heavy (non-hydrogen) atoms. The molecule has 0 atom stereocenters. The van der Waals surface area contributed by atoms with Crippen molar-refractivity contribution in [3.8, 4) is 0 Å². The van der Waals surface area contributed by atoms with Crippen molar-refractivity contribution < 1.29 is 9.53 Å². The number of nitrogens with one attached hydrogen (secondary N) is 1. The Hall–Kier alpha value is -1.66. The third-order valence-corrected chi connectivity index (χ3v) is 2.43. The first-order valence-electron chi connectivity index (χ1n) is 5.84. The fourth-order valence-electron chi connectivity index (χ4n) is 1.42. The molecule has 3 N–H and O–H groups in total. The lowest BCUT2D eigenvalue weighted by atomic mass is 10.2. The van der Waals surface area contributed by atoms with E-state index in [1.807, 2.05) is 13.8 Å². The van der Waals surface area contributed by atoms with Gasteiger partial charge in [-0.3, -0.25) is 15.6 Å². The number of nitrogen functional groups attached to an aromatic ring is 1. The number of carbonyl (C=O) groups excluding carboxylic acids is 1. The summed E-state index contributed by atoms with van der Waals surface area (Å²) in [5.74, 6) is 5.22. The zero-order valence-corrected chi connectivity index (χ0v) is 11.0. The van der Waals surface area contributed by atoms with Gasteiger partial charge in [-0.1, -0.05) is 0 Å². The van der Waals surface area contributed by atoms with Gasteiger partial charge < -0.3 is 15.1 Å². The lowest BCUT2D eigenvalue weighted by Gasteiger charge is -2.19. The first-order chi connectivity index (χ1) is 8.56. The summed E-state index contributed by atoms with van der Waals surface area (Å²) in [6.45, 7) is 4.94. The van der Waals surface area contributed by atoms with E-state index in [2.05, 4.69) is 10.4 Å². The van der Waals surface area contributed by atoms with Crippen LogP contribution in [0, 0.1) is 0 Å². The van der Waals surface area contributed by atoms with Crippen LogP contribution in [0.5, 0.6) is 0 Å². The van der Waals surface area contributed by atoms with Crippen LogP contribution in [-0.4, -0.2) is 42.1 Å². The highest BCUT2D eigenvalue weighted by molar-refractivity contribution is 5.99. The van der Waals surface area contributed by atoms with Crippen molar-refractivity contribution in [2.75, 3.05) is 25.6 Å². The van der Waals surface area contributed by atoms with Crippen LogP contribution < -0.4 is 11.3 Å². The average Bonchev–Trinajstić information content (AvgIpc) is 2.37.